The maximum atomic E-state index is 12.8. The number of fused-ring (bicyclic) bond motifs is 4. The highest BCUT2D eigenvalue weighted by Crippen LogP contribution is 2.41. The number of amides is 2. The van der Waals surface area contributed by atoms with E-state index in [9.17, 15) is 26.4 Å². The highest BCUT2D eigenvalue weighted by Gasteiger charge is 2.41. The number of rotatable bonds is 13. The molecule has 368 valence electrons. The van der Waals surface area contributed by atoms with E-state index in [2.05, 4.69) is 105 Å². The number of benzene rings is 2. The Labute approximate surface area is 398 Å². The molecule has 0 unspecified atom stereocenters. The first-order valence-corrected chi connectivity index (χ1v) is 33.2. The predicted octanol–water partition coefficient (Wildman–Crippen LogP) is 7.43. The lowest BCUT2D eigenvalue weighted by Crippen LogP contribution is -2.59. The van der Waals surface area contributed by atoms with Crippen molar-refractivity contribution in [1.82, 2.24) is 14.5 Å². The summed E-state index contributed by atoms with van der Waals surface area (Å²) < 4.78 is 62.1. The summed E-state index contributed by atoms with van der Waals surface area (Å²) in [6.45, 7) is 26.9. The highest BCUT2D eigenvalue weighted by molar-refractivity contribution is 7.90. The zero-order chi connectivity index (χ0) is 48.5. The van der Waals surface area contributed by atoms with Crippen LogP contribution in [0.4, 0.5) is 16.2 Å². The van der Waals surface area contributed by atoms with Crippen molar-refractivity contribution in [3.63, 3.8) is 0 Å². The molecule has 2 aromatic carbocycles. The van der Waals surface area contributed by atoms with Gasteiger partial charge in [0.15, 0.2) is 16.6 Å². The van der Waals surface area contributed by atoms with E-state index in [4.69, 9.17) is 14.0 Å². The number of sulfonamides is 2. The zero-order valence-corrected chi connectivity index (χ0v) is 45.1. The first-order chi connectivity index (χ1) is 30.7. The van der Waals surface area contributed by atoms with Gasteiger partial charge in [0.25, 0.3) is 0 Å². The fourth-order valence-electron chi connectivity index (χ4n) is 9.39. The summed E-state index contributed by atoms with van der Waals surface area (Å²) in [6.07, 6.45) is 14.8. The van der Waals surface area contributed by atoms with Gasteiger partial charge < -0.3 is 14.2 Å². The topological polar surface area (TPSA) is 190 Å². The van der Waals surface area contributed by atoms with Gasteiger partial charge in [-0.15, -0.1) is 0 Å². The van der Waals surface area contributed by atoms with Gasteiger partial charge in [0.2, 0.25) is 26.1 Å². The van der Waals surface area contributed by atoms with E-state index in [0.29, 0.717) is 45.9 Å². The zero-order valence-electron chi connectivity index (χ0n) is 41.5. The lowest BCUT2D eigenvalue weighted by Gasteiger charge is -2.40. The van der Waals surface area contributed by atoms with Crippen molar-refractivity contribution in [3.05, 3.63) is 56.6 Å². The molecule has 0 atom stereocenters. The number of carbonyl (C=O) groups is 1. The number of nitrogens with one attached hydrogen (secondary N) is 2. The minimum absolute atomic E-state index is 0.157. The van der Waals surface area contributed by atoms with Gasteiger partial charge in [0.1, 0.15) is 10.5 Å². The number of likely N-dealkylation sites (tertiary alicyclic amines) is 2. The third-order valence-electron chi connectivity index (χ3n) is 15.6. The van der Waals surface area contributed by atoms with Crippen LogP contribution in [-0.2, 0) is 85.1 Å². The number of aliphatic imine (C=N–C) groups is 1. The molecular formula is C48H78N6O8S2Si2. The normalized spacial score (nSPS) is 18.9. The molecule has 4 N–H and O–H groups in total. The molecule has 4 aliphatic carbocycles. The van der Waals surface area contributed by atoms with Crippen LogP contribution < -0.4 is 15.2 Å². The van der Waals surface area contributed by atoms with E-state index in [1.807, 2.05) is 0 Å². The second-order valence-corrected chi connectivity index (χ2v) is 35.7. The third-order valence-corrected chi connectivity index (χ3v) is 27.6. The Kier molecular flexibility index (Phi) is 16.5. The number of hydrogen-bond acceptors (Lipinski definition) is 11. The Hall–Kier alpha value is -2.78. The van der Waals surface area contributed by atoms with Crippen LogP contribution in [-0.4, -0.2) is 118 Å². The highest BCUT2D eigenvalue weighted by atomic mass is 32.2. The summed E-state index contributed by atoms with van der Waals surface area (Å²) in [7, 11) is -10.5. The van der Waals surface area contributed by atoms with E-state index in [-0.39, 0.29) is 15.3 Å². The molecule has 2 aliphatic heterocycles. The fourth-order valence-corrected chi connectivity index (χ4v) is 13.6. The quantitative estimate of drug-likeness (QED) is 0.103. The lowest BCUT2D eigenvalue weighted by atomic mass is 9.99. The number of urea groups is 1. The molecular weight excluding hydrogens is 909 g/mol. The monoisotopic (exact) mass is 986 g/mol. The second kappa shape index (κ2) is 20.7. The van der Waals surface area contributed by atoms with Crippen LogP contribution in [0.3, 0.4) is 0 Å². The largest absolute Gasteiger partial charge is 0.416 e. The van der Waals surface area contributed by atoms with Gasteiger partial charge in [-0.25, -0.2) is 36.3 Å². The third kappa shape index (κ3) is 12.5. The molecule has 18 heteroatoms. The van der Waals surface area contributed by atoms with Crippen LogP contribution in [0.1, 0.15) is 112 Å². The van der Waals surface area contributed by atoms with Crippen LogP contribution in [0.2, 0.25) is 36.3 Å². The van der Waals surface area contributed by atoms with Crippen molar-refractivity contribution in [2.75, 3.05) is 57.8 Å². The standard InChI is InChI=1S/C24H39N3O4SSi.C13H13NO.C11H26N2O3SSi/c1-24(2,3)33(4,5)31-13-12-27-15-19(16-27)32(29,30)26-23(28)25-22-20-10-6-8-17(20)14-18-9-7-11-21(18)22;15-8-14-13-11-5-1-3-9(11)7-10-4-2-6-12(10)13;1-11(2,3)18(4,5)16-7-6-13-8-10(9-13)17(12,14)15/h14,19H,6-13,15-16H2,1-5H3,(H2,25,26,28);7H,1-6H2;10H,6-9H2,1-5H3,(H2,12,14,15). The summed E-state index contributed by atoms with van der Waals surface area (Å²) in [5.41, 5.74) is 12.3. The van der Waals surface area contributed by atoms with Gasteiger partial charge in [-0.05, 0) is 158 Å². The van der Waals surface area contributed by atoms with E-state index in [1.165, 1.54) is 57.3 Å². The molecule has 8 rings (SSSR count). The van der Waals surface area contributed by atoms with E-state index in [1.54, 1.807) is 6.08 Å². The maximum Gasteiger partial charge on any atom is 0.332 e. The van der Waals surface area contributed by atoms with E-state index >= 15 is 0 Å². The van der Waals surface area contributed by atoms with Crippen LogP contribution in [0.25, 0.3) is 0 Å². The second-order valence-electron chi connectivity index (χ2n) is 22.3. The molecule has 6 aliphatic rings. The number of isocyanates is 1. The Morgan fingerprint density at radius 3 is 1.44 bits per heavy atom. The first kappa shape index (κ1) is 52.6. The van der Waals surface area contributed by atoms with Crippen molar-refractivity contribution in [2.24, 2.45) is 10.1 Å². The van der Waals surface area contributed by atoms with Crippen molar-refractivity contribution in [1.29, 1.82) is 0 Å². The van der Waals surface area contributed by atoms with Crippen molar-refractivity contribution >= 4 is 60.2 Å². The average Bonchev–Trinajstić information content (AvgIpc) is 4.00. The Morgan fingerprint density at radius 1 is 0.682 bits per heavy atom. The van der Waals surface area contributed by atoms with Crippen molar-refractivity contribution in [2.45, 2.75) is 165 Å². The molecule has 0 aromatic heterocycles. The number of aryl methyl sites for hydroxylation is 4. The summed E-state index contributed by atoms with van der Waals surface area (Å²) in [5, 5.41) is 7.42. The molecule has 0 saturated carbocycles. The first-order valence-electron chi connectivity index (χ1n) is 24.2. The Morgan fingerprint density at radius 2 is 1.06 bits per heavy atom. The molecule has 2 heterocycles. The molecule has 0 radical (unpaired) electrons. The lowest BCUT2D eigenvalue weighted by molar-refractivity contribution is 0.144. The number of nitrogens with two attached hydrogens (primary N) is 1. The molecule has 14 nitrogen and oxygen atoms in total. The molecule has 66 heavy (non-hydrogen) atoms. The number of nitrogens with zero attached hydrogens (tertiary/aromatic N) is 3. The van der Waals surface area contributed by atoms with Crippen molar-refractivity contribution < 1.29 is 35.3 Å². The van der Waals surface area contributed by atoms with Crippen LogP contribution in [0.5, 0.6) is 0 Å². The van der Waals surface area contributed by atoms with Gasteiger partial charge in [0.05, 0.1) is 5.69 Å². The van der Waals surface area contributed by atoms with Crippen molar-refractivity contribution in [3.8, 4) is 0 Å². The molecule has 0 spiro atoms. The summed E-state index contributed by atoms with van der Waals surface area (Å²) in [6, 6.07) is 4.00. The number of primary sulfonamides is 1. The number of anilines is 1. The van der Waals surface area contributed by atoms with Gasteiger partial charge in [-0.3, -0.25) is 9.80 Å². The maximum absolute atomic E-state index is 12.8. The van der Waals surface area contributed by atoms with Gasteiger partial charge >= 0.3 is 6.03 Å². The van der Waals surface area contributed by atoms with Crippen LogP contribution in [0, 0.1) is 0 Å². The van der Waals surface area contributed by atoms with Gasteiger partial charge in [-0.1, -0.05) is 53.7 Å². The molecule has 2 fully saturated rings. The minimum Gasteiger partial charge on any atom is -0.416 e. The van der Waals surface area contributed by atoms with Gasteiger partial charge in [-0.2, -0.15) is 4.99 Å². The summed E-state index contributed by atoms with van der Waals surface area (Å²) in [4.78, 5) is 31.3. The molecule has 2 saturated heterocycles. The molecule has 0 bridgehead atoms. The summed E-state index contributed by atoms with van der Waals surface area (Å²) in [5.74, 6) is 0. The number of carbonyl (C=O) groups excluding carboxylic acids is 2. The minimum atomic E-state index is -3.72. The Bertz CT molecular complexity index is 2310. The van der Waals surface area contributed by atoms with Crippen LogP contribution >= 0.6 is 0 Å². The summed E-state index contributed by atoms with van der Waals surface area (Å²) >= 11 is 0. The van der Waals surface area contributed by atoms with Gasteiger partial charge in [0, 0.05) is 58.2 Å². The fraction of sp³-hybridized carbons (Fsp3) is 0.708. The SMILES string of the molecule is CC(C)(C)[Si](C)(C)OCCN1CC(S(=O)(=O)NC(=O)Nc2c3c(cc4c2CCC4)CCC3)C1.CC(C)(C)[Si](C)(C)OCCN1CC(S(N)(=O)=O)C1.O=C=Nc1c2c(cc3c1CCC3)CCC2. The smallest absolute Gasteiger partial charge is 0.332 e. The average molecular weight is 987 g/mol. The van der Waals surface area contributed by atoms with E-state index in [0.717, 1.165) is 82.1 Å². The molecule has 2 aromatic rings. The molecule has 2 amide bonds. The Balaban J connectivity index is 0.000000182. The van der Waals surface area contributed by atoms with Crippen LogP contribution in [0.15, 0.2) is 17.1 Å². The number of hydrogen-bond donors (Lipinski definition) is 3. The predicted molar refractivity (Wildman–Crippen MR) is 270 cm³/mol. The van der Waals surface area contributed by atoms with E-state index < -0.39 is 48.0 Å².